The zero-order chi connectivity index (χ0) is 6.43. The summed E-state index contributed by atoms with van der Waals surface area (Å²) >= 11 is 0. The third kappa shape index (κ3) is 0.877. The average molecular weight is 126 g/mol. The van der Waals surface area contributed by atoms with Crippen LogP contribution in [-0.4, -0.2) is 11.2 Å². The fourth-order valence-corrected chi connectivity index (χ4v) is 1.93. The highest BCUT2D eigenvalue weighted by Crippen LogP contribution is 2.55. The van der Waals surface area contributed by atoms with Gasteiger partial charge in [0.15, 0.2) is 0 Å². The molecule has 0 aromatic carbocycles. The molecule has 2 fully saturated rings. The zero-order valence-corrected chi connectivity index (χ0v) is 5.88. The summed E-state index contributed by atoms with van der Waals surface area (Å²) in [7, 11) is 0. The molecular formula is C8H14O. The first kappa shape index (κ1) is 5.72. The van der Waals surface area contributed by atoms with E-state index in [0.29, 0.717) is 0 Å². The van der Waals surface area contributed by atoms with Crippen LogP contribution in [0.1, 0.15) is 26.2 Å². The monoisotopic (exact) mass is 126 g/mol. The molecule has 0 heterocycles. The van der Waals surface area contributed by atoms with Crippen molar-refractivity contribution in [3.05, 3.63) is 0 Å². The van der Waals surface area contributed by atoms with Crippen LogP contribution >= 0.6 is 0 Å². The topological polar surface area (TPSA) is 20.2 Å². The van der Waals surface area contributed by atoms with E-state index in [-0.39, 0.29) is 6.10 Å². The second-order valence-electron chi connectivity index (χ2n) is 3.53. The van der Waals surface area contributed by atoms with Gasteiger partial charge in [-0.15, -0.1) is 0 Å². The Kier molecular flexibility index (Phi) is 1.10. The van der Waals surface area contributed by atoms with Crippen molar-refractivity contribution in [2.24, 2.45) is 17.8 Å². The Balaban J connectivity index is 1.79. The van der Waals surface area contributed by atoms with E-state index in [9.17, 15) is 0 Å². The van der Waals surface area contributed by atoms with Crippen molar-refractivity contribution >= 4 is 0 Å². The van der Waals surface area contributed by atoms with Crippen LogP contribution in [0.15, 0.2) is 0 Å². The van der Waals surface area contributed by atoms with Gasteiger partial charge in [-0.2, -0.15) is 0 Å². The van der Waals surface area contributed by atoms with Crippen molar-refractivity contribution in [2.75, 3.05) is 0 Å². The van der Waals surface area contributed by atoms with Crippen molar-refractivity contribution < 1.29 is 5.11 Å². The summed E-state index contributed by atoms with van der Waals surface area (Å²) in [6.45, 7) is 2.25. The Morgan fingerprint density at radius 3 is 2.33 bits per heavy atom. The largest absolute Gasteiger partial charge is 0.393 e. The van der Waals surface area contributed by atoms with Gasteiger partial charge in [0.05, 0.1) is 6.10 Å². The Labute approximate surface area is 56.1 Å². The van der Waals surface area contributed by atoms with E-state index in [1.165, 1.54) is 12.8 Å². The molecule has 2 rings (SSSR count). The number of rotatable bonds is 2. The molecule has 0 spiro atoms. The number of aliphatic hydroxyl groups is 1. The lowest BCUT2D eigenvalue weighted by Gasteiger charge is -1.90. The molecule has 2 saturated carbocycles. The number of hydrogen-bond donors (Lipinski definition) is 1. The molecule has 4 atom stereocenters. The standard InChI is InChI=1S/C8H14O/c1-2-5-3-6(5)7-4-8(7)9/h5-9H,2-4H2,1H3. The lowest BCUT2D eigenvalue weighted by atomic mass is 10.2. The van der Waals surface area contributed by atoms with E-state index in [4.69, 9.17) is 5.11 Å². The molecule has 2 aliphatic rings. The number of aliphatic hydroxyl groups excluding tert-OH is 1. The maximum Gasteiger partial charge on any atom is 0.0575 e. The Hall–Kier alpha value is -0.0400. The van der Waals surface area contributed by atoms with Gasteiger partial charge in [-0.3, -0.25) is 0 Å². The van der Waals surface area contributed by atoms with Crippen LogP contribution in [0.2, 0.25) is 0 Å². The van der Waals surface area contributed by atoms with Gasteiger partial charge in [0.1, 0.15) is 0 Å². The molecule has 52 valence electrons. The van der Waals surface area contributed by atoms with Gasteiger partial charge in [0, 0.05) is 0 Å². The van der Waals surface area contributed by atoms with E-state index in [1.807, 2.05) is 0 Å². The average Bonchev–Trinajstić information content (AvgIpc) is 2.61. The van der Waals surface area contributed by atoms with Gasteiger partial charge in [-0.1, -0.05) is 13.3 Å². The minimum Gasteiger partial charge on any atom is -0.393 e. The molecule has 0 bridgehead atoms. The van der Waals surface area contributed by atoms with Crippen molar-refractivity contribution in [1.29, 1.82) is 0 Å². The normalized spacial score (nSPS) is 55.3. The van der Waals surface area contributed by atoms with Gasteiger partial charge in [-0.05, 0) is 30.6 Å². The quantitative estimate of drug-likeness (QED) is 0.593. The predicted octanol–water partition coefficient (Wildman–Crippen LogP) is 1.41. The lowest BCUT2D eigenvalue weighted by molar-refractivity contribution is 0.251. The molecule has 1 heteroatoms. The van der Waals surface area contributed by atoms with Crippen LogP contribution in [0.4, 0.5) is 0 Å². The zero-order valence-electron chi connectivity index (χ0n) is 5.88. The molecule has 1 nitrogen and oxygen atoms in total. The van der Waals surface area contributed by atoms with Gasteiger partial charge in [0.2, 0.25) is 0 Å². The minimum absolute atomic E-state index is 0.0894. The highest BCUT2D eigenvalue weighted by molar-refractivity contribution is 5.01. The van der Waals surface area contributed by atoms with Crippen molar-refractivity contribution in [3.8, 4) is 0 Å². The van der Waals surface area contributed by atoms with E-state index < -0.39 is 0 Å². The molecule has 0 aliphatic heterocycles. The molecule has 2 aliphatic carbocycles. The summed E-state index contributed by atoms with van der Waals surface area (Å²) in [6.07, 6.45) is 3.92. The van der Waals surface area contributed by atoms with Gasteiger partial charge in [-0.25, -0.2) is 0 Å². The highest BCUT2D eigenvalue weighted by atomic mass is 16.3. The van der Waals surface area contributed by atoms with Crippen molar-refractivity contribution in [3.63, 3.8) is 0 Å². The summed E-state index contributed by atoms with van der Waals surface area (Å²) in [5.74, 6) is 2.62. The smallest absolute Gasteiger partial charge is 0.0575 e. The molecule has 9 heavy (non-hydrogen) atoms. The fraction of sp³-hybridized carbons (Fsp3) is 1.00. The predicted molar refractivity (Wildman–Crippen MR) is 36.0 cm³/mol. The summed E-state index contributed by atoms with van der Waals surface area (Å²) < 4.78 is 0. The third-order valence-electron chi connectivity index (χ3n) is 2.86. The highest BCUT2D eigenvalue weighted by Gasteiger charge is 2.51. The minimum atomic E-state index is 0.0894. The van der Waals surface area contributed by atoms with E-state index >= 15 is 0 Å². The second kappa shape index (κ2) is 1.72. The first-order chi connectivity index (χ1) is 4.33. The molecule has 0 amide bonds. The molecule has 1 N–H and O–H groups in total. The third-order valence-corrected chi connectivity index (χ3v) is 2.86. The number of hydrogen-bond acceptors (Lipinski definition) is 1. The van der Waals surface area contributed by atoms with Crippen LogP contribution in [-0.2, 0) is 0 Å². The van der Waals surface area contributed by atoms with Gasteiger partial charge < -0.3 is 5.11 Å². The molecule has 4 unspecified atom stereocenters. The van der Waals surface area contributed by atoms with Crippen LogP contribution in [0.25, 0.3) is 0 Å². The summed E-state index contributed by atoms with van der Waals surface area (Å²) in [5.41, 5.74) is 0. The summed E-state index contributed by atoms with van der Waals surface area (Å²) in [6, 6.07) is 0. The Morgan fingerprint density at radius 1 is 1.33 bits per heavy atom. The van der Waals surface area contributed by atoms with Crippen LogP contribution in [0.3, 0.4) is 0 Å². The first-order valence-corrected chi connectivity index (χ1v) is 4.01. The summed E-state index contributed by atoms with van der Waals surface area (Å²) in [5, 5.41) is 9.05. The van der Waals surface area contributed by atoms with Crippen molar-refractivity contribution in [1.82, 2.24) is 0 Å². The van der Waals surface area contributed by atoms with Gasteiger partial charge in [0.25, 0.3) is 0 Å². The SMILES string of the molecule is CCC1CC1C1CC1O. The first-order valence-electron chi connectivity index (χ1n) is 4.01. The molecule has 0 saturated heterocycles. The second-order valence-corrected chi connectivity index (χ2v) is 3.53. The Bertz CT molecular complexity index is 122. The van der Waals surface area contributed by atoms with E-state index in [1.54, 1.807) is 0 Å². The van der Waals surface area contributed by atoms with Crippen LogP contribution in [0.5, 0.6) is 0 Å². The molecule has 0 radical (unpaired) electrons. The molecular weight excluding hydrogens is 112 g/mol. The van der Waals surface area contributed by atoms with Crippen molar-refractivity contribution in [2.45, 2.75) is 32.3 Å². The van der Waals surface area contributed by atoms with E-state index in [0.717, 1.165) is 24.2 Å². The van der Waals surface area contributed by atoms with Crippen LogP contribution < -0.4 is 0 Å². The maximum atomic E-state index is 9.05. The molecule has 0 aromatic rings. The fourth-order valence-electron chi connectivity index (χ4n) is 1.93. The summed E-state index contributed by atoms with van der Waals surface area (Å²) in [4.78, 5) is 0. The lowest BCUT2D eigenvalue weighted by Crippen LogP contribution is -1.89. The van der Waals surface area contributed by atoms with E-state index in [2.05, 4.69) is 6.92 Å². The van der Waals surface area contributed by atoms with Gasteiger partial charge >= 0.3 is 0 Å². The Morgan fingerprint density at radius 2 is 2.00 bits per heavy atom. The molecule has 0 aromatic heterocycles. The van der Waals surface area contributed by atoms with Crippen LogP contribution in [0, 0.1) is 17.8 Å². The maximum absolute atomic E-state index is 9.05.